The molecule has 2 aromatic rings. The molecule has 0 radical (unpaired) electrons. The molecule has 3 N–H and O–H groups in total. The molecular formula is C21H30N4O5PS+. The number of benzene rings is 1. The quantitative estimate of drug-likeness (QED) is 0.565. The fourth-order valence-corrected chi connectivity index (χ4v) is 5.36. The van der Waals surface area contributed by atoms with E-state index >= 15 is 0 Å². The zero-order valence-electron chi connectivity index (χ0n) is 19.1. The molecule has 1 aromatic heterocycles. The van der Waals surface area contributed by atoms with E-state index < -0.39 is 23.6 Å². The average Bonchev–Trinajstić information content (AvgIpc) is 2.88. The van der Waals surface area contributed by atoms with Gasteiger partial charge in [-0.25, -0.2) is 13.4 Å². The van der Waals surface area contributed by atoms with E-state index in [9.17, 15) is 22.9 Å². The fourth-order valence-electron chi connectivity index (χ4n) is 3.74. The number of hydrogen-bond donors (Lipinski definition) is 3. The Morgan fingerprint density at radius 1 is 1.31 bits per heavy atom. The zero-order valence-corrected chi connectivity index (χ0v) is 20.8. The summed E-state index contributed by atoms with van der Waals surface area (Å²) in [5.41, 5.74) is 0.661. The first-order chi connectivity index (χ1) is 14.7. The van der Waals surface area contributed by atoms with Gasteiger partial charge in [0.25, 0.3) is 5.91 Å². The van der Waals surface area contributed by atoms with E-state index in [2.05, 4.69) is 35.2 Å². The van der Waals surface area contributed by atoms with E-state index in [-0.39, 0.29) is 40.1 Å². The average molecular weight is 482 g/mol. The second-order valence-corrected chi connectivity index (χ2v) is 12.7. The van der Waals surface area contributed by atoms with Gasteiger partial charge in [-0.3, -0.25) is 9.52 Å². The molecule has 0 spiro atoms. The molecule has 1 aliphatic heterocycles. The van der Waals surface area contributed by atoms with E-state index in [1.807, 2.05) is 13.8 Å². The van der Waals surface area contributed by atoms with E-state index in [1.165, 1.54) is 18.2 Å². The van der Waals surface area contributed by atoms with E-state index in [1.54, 1.807) is 4.90 Å². The number of sulfonamides is 1. The van der Waals surface area contributed by atoms with Gasteiger partial charge in [-0.1, -0.05) is 34.6 Å². The van der Waals surface area contributed by atoms with Crippen molar-refractivity contribution >= 4 is 45.4 Å². The summed E-state index contributed by atoms with van der Waals surface area (Å²) in [6, 6.07) is 4.00. The molecule has 32 heavy (non-hydrogen) atoms. The maximum absolute atomic E-state index is 13.3. The van der Waals surface area contributed by atoms with Crippen LogP contribution in [0.25, 0.3) is 16.2 Å². The maximum Gasteiger partial charge on any atom is 0.503 e. The molecule has 3 rings (SSSR count). The summed E-state index contributed by atoms with van der Waals surface area (Å²) in [5, 5.41) is 11.3. The number of aliphatic hydroxyl groups is 1. The Kier molecular flexibility index (Phi) is 6.41. The molecule has 0 bridgehead atoms. The topological polar surface area (TPSA) is 132 Å². The van der Waals surface area contributed by atoms with Crippen LogP contribution in [0.4, 0.5) is 5.69 Å². The van der Waals surface area contributed by atoms with Gasteiger partial charge in [0, 0.05) is 12.6 Å². The summed E-state index contributed by atoms with van der Waals surface area (Å²) in [4.78, 5) is 19.4. The molecule has 1 aromatic carbocycles. The number of carbonyl (C=O) groups excluding carboxylic acids is 1. The largest absolute Gasteiger partial charge is 0.509 e. The van der Waals surface area contributed by atoms with Crippen LogP contribution in [-0.4, -0.2) is 52.9 Å². The molecule has 2 heterocycles. The number of aromatic amines is 1. The number of nitrogens with one attached hydrogen (secondary N) is 2. The number of amides is 1. The van der Waals surface area contributed by atoms with E-state index in [4.69, 9.17) is 0 Å². The minimum Gasteiger partial charge on any atom is -0.509 e. The first kappa shape index (κ1) is 24.2. The number of carbonyl (C=O) groups is 1. The minimum atomic E-state index is -3.49. The smallest absolute Gasteiger partial charge is 0.503 e. The van der Waals surface area contributed by atoms with Gasteiger partial charge in [0.05, 0.1) is 18.0 Å². The zero-order chi connectivity index (χ0) is 24.0. The molecule has 1 amide bonds. The third-order valence-electron chi connectivity index (χ3n) is 5.25. The summed E-state index contributed by atoms with van der Waals surface area (Å²) >= 11 is 0. The Morgan fingerprint density at radius 2 is 1.97 bits per heavy atom. The van der Waals surface area contributed by atoms with Crippen LogP contribution >= 0.6 is 7.57 Å². The van der Waals surface area contributed by atoms with Crippen LogP contribution in [0.3, 0.4) is 0 Å². The first-order valence-electron chi connectivity index (χ1n) is 10.4. The van der Waals surface area contributed by atoms with Crippen molar-refractivity contribution in [2.75, 3.05) is 17.5 Å². The van der Waals surface area contributed by atoms with Gasteiger partial charge in [-0.05, 0) is 34.5 Å². The first-order valence-corrected chi connectivity index (χ1v) is 13.5. The molecular weight excluding hydrogens is 451 g/mol. The highest BCUT2D eigenvalue weighted by Gasteiger charge is 2.43. The van der Waals surface area contributed by atoms with Crippen LogP contribution in [0.5, 0.6) is 0 Å². The standard InChI is InChI=1S/C21H29N4O5PS/c1-12(2)17-18(26)16(20(27)25(17)10-9-21(3,4)5)19-22-14-8-7-13(24-32(6,29)30)11-15(14)31(28)23-19/h7-8,11-12,17,24H,9-10H2,1-6H3,(H-,22,23,26,27,28)/p+1/t17-/m1/s1. The summed E-state index contributed by atoms with van der Waals surface area (Å²) in [5.74, 6) is -0.383. The molecule has 0 saturated carbocycles. The molecule has 11 heteroatoms. The minimum absolute atomic E-state index is 0.0147. The fraction of sp³-hybridized carbons (Fsp3) is 0.524. The van der Waals surface area contributed by atoms with Crippen LogP contribution < -0.4 is 4.72 Å². The number of anilines is 1. The normalized spacial score (nSPS) is 18.2. The van der Waals surface area contributed by atoms with Crippen molar-refractivity contribution in [2.45, 2.75) is 47.1 Å². The second kappa shape index (κ2) is 8.48. The number of aliphatic hydroxyl groups excluding tert-OH is 1. The predicted molar refractivity (Wildman–Crippen MR) is 126 cm³/mol. The second-order valence-electron chi connectivity index (χ2n) is 9.70. The highest BCUT2D eigenvalue weighted by molar-refractivity contribution is 7.92. The Balaban J connectivity index is 2.05. The molecule has 0 saturated heterocycles. The number of aromatic nitrogens is 2. The van der Waals surface area contributed by atoms with Gasteiger partial charge in [0.2, 0.25) is 15.1 Å². The maximum atomic E-state index is 13.3. The van der Waals surface area contributed by atoms with Crippen LogP contribution in [0.15, 0.2) is 24.0 Å². The number of hydrogen-bond acceptors (Lipinski definition) is 6. The Hall–Kier alpha value is -2.45. The van der Waals surface area contributed by atoms with Crippen molar-refractivity contribution in [3.63, 3.8) is 0 Å². The molecule has 0 fully saturated rings. The number of H-pyrrole nitrogens is 1. The number of fused-ring (bicyclic) bond motifs is 1. The van der Waals surface area contributed by atoms with Crippen molar-refractivity contribution < 1.29 is 22.9 Å². The summed E-state index contributed by atoms with van der Waals surface area (Å²) < 4.78 is 40.9. The Morgan fingerprint density at radius 3 is 2.53 bits per heavy atom. The van der Waals surface area contributed by atoms with Gasteiger partial charge in [0.1, 0.15) is 16.8 Å². The van der Waals surface area contributed by atoms with Crippen molar-refractivity contribution in [3.05, 3.63) is 29.8 Å². The van der Waals surface area contributed by atoms with Gasteiger partial charge >= 0.3 is 7.57 Å². The predicted octanol–water partition coefficient (Wildman–Crippen LogP) is 4.25. The van der Waals surface area contributed by atoms with Crippen LogP contribution in [0, 0.1) is 11.3 Å². The summed E-state index contributed by atoms with van der Waals surface area (Å²) in [6.07, 6.45) is 1.79. The lowest BCUT2D eigenvalue weighted by atomic mass is 9.91. The summed E-state index contributed by atoms with van der Waals surface area (Å²) in [7, 11) is -5.70. The van der Waals surface area contributed by atoms with Crippen LogP contribution in [0.2, 0.25) is 0 Å². The Bertz CT molecular complexity index is 1260. The molecule has 174 valence electrons. The van der Waals surface area contributed by atoms with Crippen molar-refractivity contribution in [1.29, 1.82) is 0 Å². The molecule has 1 unspecified atom stereocenters. The molecule has 1 aliphatic rings. The number of nitrogens with zero attached hydrogens (tertiary/aromatic N) is 2. The Labute approximate surface area is 188 Å². The van der Waals surface area contributed by atoms with Crippen molar-refractivity contribution in [1.82, 2.24) is 14.6 Å². The number of rotatable bonds is 6. The van der Waals surface area contributed by atoms with Crippen LogP contribution in [0.1, 0.15) is 46.9 Å². The molecule has 2 atom stereocenters. The van der Waals surface area contributed by atoms with E-state index in [0.717, 1.165) is 12.7 Å². The molecule has 9 nitrogen and oxygen atoms in total. The van der Waals surface area contributed by atoms with Crippen molar-refractivity contribution in [2.24, 2.45) is 11.3 Å². The highest BCUT2D eigenvalue weighted by atomic mass is 32.2. The third-order valence-corrected chi connectivity index (χ3v) is 7.07. The lowest BCUT2D eigenvalue weighted by molar-refractivity contribution is -0.126. The third kappa shape index (κ3) is 5.13. The SMILES string of the molecule is CC(C)[C@@H]1C(O)=C(c2nc3ccc(NS(C)(=O)=O)cc3[p+](=O)[nH]2)C(=O)N1CCC(C)(C)C. The van der Waals surface area contributed by atoms with E-state index in [0.29, 0.717) is 17.2 Å². The summed E-state index contributed by atoms with van der Waals surface area (Å²) in [6.45, 7) is 10.6. The lowest BCUT2D eigenvalue weighted by Crippen LogP contribution is -2.40. The van der Waals surface area contributed by atoms with Crippen molar-refractivity contribution in [3.8, 4) is 0 Å². The highest BCUT2D eigenvalue weighted by Crippen LogP contribution is 2.37. The monoisotopic (exact) mass is 481 g/mol. The van der Waals surface area contributed by atoms with Gasteiger partial charge in [0.15, 0.2) is 5.82 Å². The lowest BCUT2D eigenvalue weighted by Gasteiger charge is -2.30. The van der Waals surface area contributed by atoms with Crippen LogP contribution in [-0.2, 0) is 19.4 Å². The van der Waals surface area contributed by atoms with Gasteiger partial charge < -0.3 is 10.0 Å². The van der Waals surface area contributed by atoms with Gasteiger partial charge in [-0.15, -0.1) is 0 Å². The van der Waals surface area contributed by atoms with Gasteiger partial charge in [-0.2, -0.15) is 4.75 Å². The molecule has 0 aliphatic carbocycles.